The molecule has 0 aromatic heterocycles. The first-order chi connectivity index (χ1) is 7.68. The lowest BCUT2D eigenvalue weighted by Crippen LogP contribution is -2.47. The highest BCUT2D eigenvalue weighted by molar-refractivity contribution is 5.79. The van der Waals surface area contributed by atoms with Crippen LogP contribution in [0.5, 0.6) is 0 Å². The largest absolute Gasteiger partial charge is 0.391 e. The second kappa shape index (κ2) is 5.17. The SMILES string of the molecule is CC1CCCC1C(=O)N[C@@H]1CCCC[C@H]1O. The van der Waals surface area contributed by atoms with E-state index in [2.05, 4.69) is 12.2 Å². The third kappa shape index (κ3) is 2.57. The average molecular weight is 225 g/mol. The Balaban J connectivity index is 1.86. The molecule has 0 aromatic rings. The first-order valence-corrected chi connectivity index (χ1v) is 6.67. The summed E-state index contributed by atoms with van der Waals surface area (Å²) >= 11 is 0. The van der Waals surface area contributed by atoms with Crippen LogP contribution in [0.4, 0.5) is 0 Å². The van der Waals surface area contributed by atoms with Crippen molar-refractivity contribution in [2.75, 3.05) is 0 Å². The van der Waals surface area contributed by atoms with Crippen LogP contribution < -0.4 is 5.32 Å². The minimum atomic E-state index is -0.325. The molecule has 2 aliphatic carbocycles. The molecule has 2 fully saturated rings. The summed E-state index contributed by atoms with van der Waals surface area (Å²) in [5.74, 6) is 0.880. The number of aliphatic hydroxyl groups excluding tert-OH is 1. The number of amides is 1. The van der Waals surface area contributed by atoms with Gasteiger partial charge in [-0.2, -0.15) is 0 Å². The molecule has 0 aromatic carbocycles. The van der Waals surface area contributed by atoms with E-state index in [0.29, 0.717) is 5.92 Å². The molecule has 0 heterocycles. The summed E-state index contributed by atoms with van der Waals surface area (Å²) in [5.41, 5.74) is 0. The van der Waals surface area contributed by atoms with E-state index in [-0.39, 0.29) is 24.0 Å². The van der Waals surface area contributed by atoms with Crippen LogP contribution in [0, 0.1) is 11.8 Å². The van der Waals surface area contributed by atoms with E-state index in [1.807, 2.05) is 0 Å². The molecule has 1 amide bonds. The van der Waals surface area contributed by atoms with Crippen LogP contribution in [-0.2, 0) is 4.79 Å². The predicted octanol–water partition coefficient (Wildman–Crippen LogP) is 1.84. The summed E-state index contributed by atoms with van der Waals surface area (Å²) in [5, 5.41) is 12.9. The average Bonchev–Trinajstić information content (AvgIpc) is 2.68. The fourth-order valence-corrected chi connectivity index (χ4v) is 3.10. The van der Waals surface area contributed by atoms with Crippen molar-refractivity contribution < 1.29 is 9.90 Å². The zero-order valence-corrected chi connectivity index (χ0v) is 10.1. The van der Waals surface area contributed by atoms with Gasteiger partial charge >= 0.3 is 0 Å². The van der Waals surface area contributed by atoms with Crippen LogP contribution in [0.2, 0.25) is 0 Å². The van der Waals surface area contributed by atoms with Crippen LogP contribution in [-0.4, -0.2) is 23.2 Å². The molecule has 0 aliphatic heterocycles. The van der Waals surface area contributed by atoms with Crippen LogP contribution in [0.3, 0.4) is 0 Å². The Hall–Kier alpha value is -0.570. The predicted molar refractivity (Wildman–Crippen MR) is 62.9 cm³/mol. The molecule has 16 heavy (non-hydrogen) atoms. The molecule has 2 N–H and O–H groups in total. The lowest BCUT2D eigenvalue weighted by atomic mass is 9.91. The van der Waals surface area contributed by atoms with Gasteiger partial charge in [-0.25, -0.2) is 0 Å². The van der Waals surface area contributed by atoms with Gasteiger partial charge in [-0.15, -0.1) is 0 Å². The second-order valence-corrected chi connectivity index (χ2v) is 5.48. The maximum atomic E-state index is 12.0. The van der Waals surface area contributed by atoms with Gasteiger partial charge in [0.1, 0.15) is 0 Å². The Bertz CT molecular complexity index is 254. The zero-order chi connectivity index (χ0) is 11.5. The summed E-state index contributed by atoms with van der Waals surface area (Å²) in [4.78, 5) is 12.0. The fraction of sp³-hybridized carbons (Fsp3) is 0.923. The Labute approximate surface area is 97.6 Å². The fourth-order valence-electron chi connectivity index (χ4n) is 3.10. The van der Waals surface area contributed by atoms with Gasteiger partial charge < -0.3 is 10.4 Å². The summed E-state index contributed by atoms with van der Waals surface area (Å²) < 4.78 is 0. The summed E-state index contributed by atoms with van der Waals surface area (Å²) in [6.45, 7) is 2.16. The molecule has 3 heteroatoms. The lowest BCUT2D eigenvalue weighted by molar-refractivity contribution is -0.127. The van der Waals surface area contributed by atoms with Crippen LogP contribution in [0.15, 0.2) is 0 Å². The van der Waals surface area contributed by atoms with Crippen molar-refractivity contribution in [1.82, 2.24) is 5.32 Å². The highest BCUT2D eigenvalue weighted by atomic mass is 16.3. The molecule has 92 valence electrons. The highest BCUT2D eigenvalue weighted by Gasteiger charge is 2.32. The molecular formula is C13H23NO2. The summed E-state index contributed by atoms with van der Waals surface area (Å²) in [6.07, 6.45) is 7.04. The van der Waals surface area contributed by atoms with Crippen molar-refractivity contribution in [2.24, 2.45) is 11.8 Å². The second-order valence-electron chi connectivity index (χ2n) is 5.48. The Morgan fingerprint density at radius 2 is 1.88 bits per heavy atom. The van der Waals surface area contributed by atoms with Gasteiger partial charge in [0, 0.05) is 5.92 Å². The molecule has 3 nitrogen and oxygen atoms in total. The lowest BCUT2D eigenvalue weighted by Gasteiger charge is -2.30. The van der Waals surface area contributed by atoms with Crippen molar-refractivity contribution in [2.45, 2.75) is 64.0 Å². The number of carbonyl (C=O) groups excluding carboxylic acids is 1. The minimum Gasteiger partial charge on any atom is -0.391 e. The summed E-state index contributed by atoms with van der Waals surface area (Å²) in [7, 11) is 0. The maximum absolute atomic E-state index is 12.0. The third-order valence-electron chi connectivity index (χ3n) is 4.26. The molecule has 2 saturated carbocycles. The van der Waals surface area contributed by atoms with E-state index in [1.54, 1.807) is 0 Å². The van der Waals surface area contributed by atoms with E-state index < -0.39 is 0 Å². The van der Waals surface area contributed by atoms with Crippen LogP contribution in [0.1, 0.15) is 51.9 Å². The number of hydrogen-bond acceptors (Lipinski definition) is 2. The van der Waals surface area contributed by atoms with E-state index in [0.717, 1.165) is 32.1 Å². The van der Waals surface area contributed by atoms with Crippen LogP contribution in [0.25, 0.3) is 0 Å². The molecule has 0 bridgehead atoms. The monoisotopic (exact) mass is 225 g/mol. The highest BCUT2D eigenvalue weighted by Crippen LogP contribution is 2.31. The smallest absolute Gasteiger partial charge is 0.223 e. The maximum Gasteiger partial charge on any atom is 0.223 e. The molecule has 0 saturated heterocycles. The number of aliphatic hydroxyl groups is 1. The Kier molecular flexibility index (Phi) is 3.85. The first kappa shape index (κ1) is 11.9. The molecule has 2 unspecified atom stereocenters. The van der Waals surface area contributed by atoms with Gasteiger partial charge in [-0.05, 0) is 31.6 Å². The molecule has 0 spiro atoms. The van der Waals surface area contributed by atoms with E-state index in [4.69, 9.17) is 0 Å². The van der Waals surface area contributed by atoms with Crippen molar-refractivity contribution in [3.63, 3.8) is 0 Å². The number of carbonyl (C=O) groups is 1. The number of hydrogen-bond donors (Lipinski definition) is 2. The van der Waals surface area contributed by atoms with E-state index >= 15 is 0 Å². The van der Waals surface area contributed by atoms with Gasteiger partial charge in [0.2, 0.25) is 5.91 Å². The van der Waals surface area contributed by atoms with Crippen molar-refractivity contribution in [1.29, 1.82) is 0 Å². The Morgan fingerprint density at radius 3 is 2.50 bits per heavy atom. The van der Waals surface area contributed by atoms with Crippen LogP contribution >= 0.6 is 0 Å². The quantitative estimate of drug-likeness (QED) is 0.753. The van der Waals surface area contributed by atoms with Gasteiger partial charge in [0.05, 0.1) is 12.1 Å². The van der Waals surface area contributed by atoms with Gasteiger partial charge in [-0.3, -0.25) is 4.79 Å². The molecule has 2 rings (SSSR count). The third-order valence-corrected chi connectivity index (χ3v) is 4.26. The minimum absolute atomic E-state index is 0.00838. The van der Waals surface area contributed by atoms with E-state index in [9.17, 15) is 9.90 Å². The zero-order valence-electron chi connectivity index (χ0n) is 10.1. The molecule has 4 atom stereocenters. The van der Waals surface area contributed by atoms with Gasteiger partial charge in [0.15, 0.2) is 0 Å². The number of rotatable bonds is 2. The Morgan fingerprint density at radius 1 is 1.12 bits per heavy atom. The van der Waals surface area contributed by atoms with Gasteiger partial charge in [-0.1, -0.05) is 26.2 Å². The standard InChI is InChI=1S/C13H23NO2/c1-9-5-4-6-10(9)13(16)14-11-7-2-3-8-12(11)15/h9-12,15H,2-8H2,1H3,(H,14,16)/t9?,10?,11-,12-/m1/s1. The molecule has 0 radical (unpaired) electrons. The van der Waals surface area contributed by atoms with Gasteiger partial charge in [0.25, 0.3) is 0 Å². The van der Waals surface area contributed by atoms with Crippen molar-refractivity contribution in [3.8, 4) is 0 Å². The number of nitrogens with one attached hydrogen (secondary N) is 1. The molecular weight excluding hydrogens is 202 g/mol. The van der Waals surface area contributed by atoms with Crippen molar-refractivity contribution >= 4 is 5.91 Å². The summed E-state index contributed by atoms with van der Waals surface area (Å²) in [6, 6.07) is 0.00838. The van der Waals surface area contributed by atoms with Crippen molar-refractivity contribution in [3.05, 3.63) is 0 Å². The topological polar surface area (TPSA) is 49.3 Å². The molecule has 2 aliphatic rings. The first-order valence-electron chi connectivity index (χ1n) is 6.67. The van der Waals surface area contributed by atoms with E-state index in [1.165, 1.54) is 12.8 Å². The normalized spacial score (nSPS) is 39.6.